The van der Waals surface area contributed by atoms with Gasteiger partial charge in [-0.1, -0.05) is 17.7 Å². The fourth-order valence-corrected chi connectivity index (χ4v) is 2.08. The first-order valence-corrected chi connectivity index (χ1v) is 7.14. The van der Waals surface area contributed by atoms with Gasteiger partial charge in [-0.15, -0.1) is 0 Å². The minimum absolute atomic E-state index is 0.158. The van der Waals surface area contributed by atoms with Crippen molar-refractivity contribution >= 4 is 40.9 Å². The third-order valence-corrected chi connectivity index (χ3v) is 3.20. The Morgan fingerprint density at radius 3 is 2.22 bits per heavy atom. The summed E-state index contributed by atoms with van der Waals surface area (Å²) in [5.41, 5.74) is 1.34. The van der Waals surface area contributed by atoms with Crippen molar-refractivity contribution in [3.8, 4) is 0 Å². The molecule has 6 heteroatoms. The lowest BCUT2D eigenvalue weighted by Crippen LogP contribution is -2.08. The number of anilines is 2. The van der Waals surface area contributed by atoms with E-state index in [9.17, 15) is 14.0 Å². The van der Waals surface area contributed by atoms with Crippen LogP contribution in [0.3, 0.4) is 0 Å². The molecule has 0 heterocycles. The van der Waals surface area contributed by atoms with E-state index < -0.39 is 11.7 Å². The molecule has 2 aromatic carbocycles. The molecule has 0 fully saturated rings. The van der Waals surface area contributed by atoms with E-state index in [4.69, 9.17) is 11.6 Å². The molecule has 0 saturated carbocycles. The average Bonchev–Trinajstić information content (AvgIpc) is 2.48. The predicted molar refractivity (Wildman–Crippen MR) is 89.8 cm³/mol. The Bertz CT molecular complexity index is 737. The van der Waals surface area contributed by atoms with Gasteiger partial charge in [0.1, 0.15) is 5.82 Å². The van der Waals surface area contributed by atoms with Gasteiger partial charge in [0.25, 0.3) is 0 Å². The van der Waals surface area contributed by atoms with Crippen LogP contribution in [-0.2, 0) is 9.59 Å². The molecule has 0 saturated heterocycles. The Kier molecular flexibility index (Phi) is 5.49. The molecule has 2 rings (SSSR count). The predicted octanol–water partition coefficient (Wildman–Crippen LogP) is 4.09. The number of carbonyl (C=O) groups is 2. The van der Waals surface area contributed by atoms with Crippen LogP contribution in [0, 0.1) is 5.82 Å². The van der Waals surface area contributed by atoms with E-state index in [1.807, 2.05) is 0 Å². The number of carbonyl (C=O) groups excluding carboxylic acids is 2. The van der Waals surface area contributed by atoms with Crippen molar-refractivity contribution in [3.05, 3.63) is 64.9 Å². The second kappa shape index (κ2) is 7.56. The van der Waals surface area contributed by atoms with Crippen LogP contribution in [0.25, 0.3) is 6.08 Å². The smallest absolute Gasteiger partial charge is 0.248 e. The molecule has 2 amide bonds. The van der Waals surface area contributed by atoms with Crippen LogP contribution in [0.4, 0.5) is 15.8 Å². The minimum atomic E-state index is -0.499. The Morgan fingerprint density at radius 2 is 1.65 bits per heavy atom. The Labute approximate surface area is 138 Å². The standard InChI is InChI=1S/C17H14ClFN2O2/c1-11(22)20-12-5-7-13(8-6-12)21-17(23)10-9-14-15(18)3-2-4-16(14)19/h2-10H,1H3,(H,20,22)(H,21,23)/b10-9+. The Balaban J connectivity index is 2.02. The van der Waals surface area contributed by atoms with Gasteiger partial charge >= 0.3 is 0 Å². The molecular weight excluding hydrogens is 319 g/mol. The molecule has 2 N–H and O–H groups in total. The number of hydrogen-bond donors (Lipinski definition) is 2. The van der Waals surface area contributed by atoms with E-state index in [1.54, 1.807) is 30.3 Å². The SMILES string of the molecule is CC(=O)Nc1ccc(NC(=O)/C=C/c2c(F)cccc2Cl)cc1. The first-order valence-electron chi connectivity index (χ1n) is 6.76. The van der Waals surface area contributed by atoms with Gasteiger partial charge in [-0.3, -0.25) is 9.59 Å². The molecule has 0 aliphatic heterocycles. The molecule has 0 aromatic heterocycles. The van der Waals surface area contributed by atoms with Crippen molar-refractivity contribution in [3.63, 3.8) is 0 Å². The molecule has 0 unspecified atom stereocenters. The van der Waals surface area contributed by atoms with Crippen LogP contribution in [0.2, 0.25) is 5.02 Å². The first kappa shape index (κ1) is 16.7. The summed E-state index contributed by atoms with van der Waals surface area (Å²) >= 11 is 5.87. The number of amides is 2. The zero-order valence-electron chi connectivity index (χ0n) is 12.3. The quantitative estimate of drug-likeness (QED) is 0.828. The van der Waals surface area contributed by atoms with Crippen molar-refractivity contribution in [1.29, 1.82) is 0 Å². The van der Waals surface area contributed by atoms with Crippen LogP contribution >= 0.6 is 11.6 Å². The number of halogens is 2. The summed E-state index contributed by atoms with van der Waals surface area (Å²) in [5.74, 6) is -1.09. The first-order chi connectivity index (χ1) is 11.0. The summed E-state index contributed by atoms with van der Waals surface area (Å²) in [7, 11) is 0. The summed E-state index contributed by atoms with van der Waals surface area (Å²) in [5, 5.41) is 5.48. The normalized spacial score (nSPS) is 10.6. The summed E-state index contributed by atoms with van der Waals surface area (Å²) in [6.45, 7) is 1.41. The molecule has 23 heavy (non-hydrogen) atoms. The monoisotopic (exact) mass is 332 g/mol. The molecule has 2 aromatic rings. The van der Waals surface area contributed by atoms with Crippen LogP contribution < -0.4 is 10.6 Å². The maximum Gasteiger partial charge on any atom is 0.248 e. The number of hydrogen-bond acceptors (Lipinski definition) is 2. The van der Waals surface area contributed by atoms with Gasteiger partial charge in [0, 0.05) is 29.9 Å². The largest absolute Gasteiger partial charge is 0.326 e. The van der Waals surface area contributed by atoms with Crippen molar-refractivity contribution in [2.45, 2.75) is 6.92 Å². The summed E-state index contributed by atoms with van der Waals surface area (Å²) in [6.07, 6.45) is 2.52. The van der Waals surface area contributed by atoms with Crippen molar-refractivity contribution in [2.24, 2.45) is 0 Å². The highest BCUT2D eigenvalue weighted by Crippen LogP contribution is 2.20. The lowest BCUT2D eigenvalue weighted by atomic mass is 10.2. The molecular formula is C17H14ClFN2O2. The van der Waals surface area contributed by atoms with Crippen molar-refractivity contribution in [1.82, 2.24) is 0 Å². The summed E-state index contributed by atoms with van der Waals surface area (Å²) < 4.78 is 13.6. The van der Waals surface area contributed by atoms with E-state index in [0.29, 0.717) is 11.4 Å². The van der Waals surface area contributed by atoms with Gasteiger partial charge in [-0.25, -0.2) is 4.39 Å². The average molecular weight is 333 g/mol. The number of nitrogens with one attached hydrogen (secondary N) is 2. The fourth-order valence-electron chi connectivity index (χ4n) is 1.85. The minimum Gasteiger partial charge on any atom is -0.326 e. The molecule has 118 valence electrons. The molecule has 0 spiro atoms. The lowest BCUT2D eigenvalue weighted by Gasteiger charge is -2.05. The summed E-state index contributed by atoms with van der Waals surface area (Å²) in [4.78, 5) is 22.8. The second-order valence-electron chi connectivity index (χ2n) is 4.72. The Morgan fingerprint density at radius 1 is 1.04 bits per heavy atom. The molecule has 0 bridgehead atoms. The van der Waals surface area contributed by atoms with Crippen LogP contribution in [-0.4, -0.2) is 11.8 Å². The highest BCUT2D eigenvalue weighted by atomic mass is 35.5. The molecule has 0 aliphatic rings. The lowest BCUT2D eigenvalue weighted by molar-refractivity contribution is -0.114. The van der Waals surface area contributed by atoms with Gasteiger partial charge in [-0.05, 0) is 42.5 Å². The van der Waals surface area contributed by atoms with Crippen molar-refractivity contribution < 1.29 is 14.0 Å². The highest BCUT2D eigenvalue weighted by molar-refractivity contribution is 6.32. The fraction of sp³-hybridized carbons (Fsp3) is 0.0588. The van der Waals surface area contributed by atoms with E-state index >= 15 is 0 Å². The van der Waals surface area contributed by atoms with Crippen LogP contribution in [0.1, 0.15) is 12.5 Å². The zero-order valence-corrected chi connectivity index (χ0v) is 13.0. The third-order valence-electron chi connectivity index (χ3n) is 2.87. The van der Waals surface area contributed by atoms with Gasteiger partial charge in [0.15, 0.2) is 0 Å². The zero-order chi connectivity index (χ0) is 16.8. The van der Waals surface area contributed by atoms with Crippen molar-refractivity contribution in [2.75, 3.05) is 10.6 Å². The van der Waals surface area contributed by atoms with Gasteiger partial charge in [0.05, 0.1) is 5.02 Å². The van der Waals surface area contributed by atoms with E-state index in [-0.39, 0.29) is 16.5 Å². The van der Waals surface area contributed by atoms with Gasteiger partial charge in [0.2, 0.25) is 11.8 Å². The number of rotatable bonds is 4. The van der Waals surface area contributed by atoms with Gasteiger partial charge in [-0.2, -0.15) is 0 Å². The van der Waals surface area contributed by atoms with Crippen LogP contribution in [0.5, 0.6) is 0 Å². The molecule has 0 radical (unpaired) electrons. The van der Waals surface area contributed by atoms with E-state index in [0.717, 1.165) is 0 Å². The maximum absolute atomic E-state index is 13.6. The maximum atomic E-state index is 13.6. The Hall–Kier alpha value is -2.66. The summed E-state index contributed by atoms with van der Waals surface area (Å²) in [6, 6.07) is 10.9. The molecule has 0 aliphatic carbocycles. The topological polar surface area (TPSA) is 58.2 Å². The van der Waals surface area contributed by atoms with E-state index in [2.05, 4.69) is 10.6 Å². The molecule has 0 atom stereocenters. The van der Waals surface area contributed by atoms with Crippen LogP contribution in [0.15, 0.2) is 48.5 Å². The highest BCUT2D eigenvalue weighted by Gasteiger charge is 2.04. The number of benzene rings is 2. The van der Waals surface area contributed by atoms with Gasteiger partial charge < -0.3 is 10.6 Å². The van der Waals surface area contributed by atoms with E-state index in [1.165, 1.54) is 31.2 Å². The second-order valence-corrected chi connectivity index (χ2v) is 5.12. The third kappa shape index (κ3) is 4.93. The molecule has 4 nitrogen and oxygen atoms in total.